The Hall–Kier alpha value is -1.01. The molecular weight excluding hydrogens is 262 g/mol. The number of hydrogen-bond acceptors (Lipinski definition) is 2. The van der Waals surface area contributed by atoms with Gasteiger partial charge in [0.15, 0.2) is 0 Å². The smallest absolute Gasteiger partial charge is 0.282 e. The molecule has 100 valence electrons. The molecule has 1 unspecified atom stereocenters. The van der Waals surface area contributed by atoms with Crippen molar-refractivity contribution in [2.24, 2.45) is 5.92 Å². The lowest BCUT2D eigenvalue weighted by Gasteiger charge is -2.39. The van der Waals surface area contributed by atoms with Crippen molar-refractivity contribution < 1.29 is 21.8 Å². The van der Waals surface area contributed by atoms with Crippen molar-refractivity contribution in [3.8, 4) is 0 Å². The van der Waals surface area contributed by atoms with Gasteiger partial charge in [-0.05, 0) is 29.5 Å². The van der Waals surface area contributed by atoms with E-state index in [1.807, 2.05) is 6.92 Å². The number of rotatable bonds is 3. The van der Waals surface area contributed by atoms with Crippen LogP contribution in [0, 0.1) is 5.92 Å². The quantitative estimate of drug-likeness (QED) is 0.863. The summed E-state index contributed by atoms with van der Waals surface area (Å²) >= 11 is 0. The fraction of sp³-hybridized carbons (Fsp3) is 0.500. The highest BCUT2D eigenvalue weighted by atomic mass is 32.2. The maximum Gasteiger partial charge on any atom is 0.294 e. The Morgan fingerprint density at radius 3 is 2.17 bits per heavy atom. The maximum atomic E-state index is 12.8. The third-order valence-corrected chi connectivity index (χ3v) is 4.40. The Bertz CT molecular complexity index is 529. The molecule has 18 heavy (non-hydrogen) atoms. The maximum absolute atomic E-state index is 12.8. The van der Waals surface area contributed by atoms with Crippen molar-refractivity contribution in [3.05, 3.63) is 29.8 Å². The van der Waals surface area contributed by atoms with Gasteiger partial charge in [-0.3, -0.25) is 4.55 Å². The second-order valence-corrected chi connectivity index (χ2v) is 6.28. The van der Waals surface area contributed by atoms with Crippen LogP contribution in [0.4, 0.5) is 8.78 Å². The molecule has 1 aliphatic rings. The highest BCUT2D eigenvalue weighted by Gasteiger charge is 2.47. The summed E-state index contributed by atoms with van der Waals surface area (Å²) in [7, 11) is -4.20. The minimum Gasteiger partial charge on any atom is -0.282 e. The Morgan fingerprint density at radius 2 is 1.78 bits per heavy atom. The molecule has 1 aromatic rings. The van der Waals surface area contributed by atoms with Crippen molar-refractivity contribution in [2.75, 3.05) is 0 Å². The first-order valence-corrected chi connectivity index (χ1v) is 7.08. The first kappa shape index (κ1) is 13.4. The predicted molar refractivity (Wildman–Crippen MR) is 62.3 cm³/mol. The minimum atomic E-state index is -4.20. The van der Waals surface area contributed by atoms with Crippen LogP contribution in [0.3, 0.4) is 0 Å². The van der Waals surface area contributed by atoms with Gasteiger partial charge < -0.3 is 0 Å². The molecule has 0 aromatic heterocycles. The first-order chi connectivity index (χ1) is 8.19. The molecule has 0 heterocycles. The lowest BCUT2D eigenvalue weighted by Crippen LogP contribution is -2.38. The van der Waals surface area contributed by atoms with Gasteiger partial charge in [0.25, 0.3) is 10.1 Å². The molecule has 6 heteroatoms. The van der Waals surface area contributed by atoms with Crippen molar-refractivity contribution in [3.63, 3.8) is 0 Å². The standard InChI is InChI=1S/C12H14F2O3S/c1-8(10-6-12(13,14)7-10)9-2-4-11(5-3-9)18(15,16)17/h2-5,8,10H,6-7H2,1H3,(H,15,16,17). The van der Waals surface area contributed by atoms with E-state index in [0.29, 0.717) is 0 Å². The van der Waals surface area contributed by atoms with E-state index in [-0.39, 0.29) is 29.6 Å². The zero-order valence-electron chi connectivity index (χ0n) is 9.81. The molecule has 1 saturated carbocycles. The SMILES string of the molecule is CC(c1ccc(S(=O)(=O)O)cc1)C1CC(F)(F)C1. The molecule has 1 N–H and O–H groups in total. The highest BCUT2D eigenvalue weighted by molar-refractivity contribution is 7.85. The number of benzene rings is 1. The van der Waals surface area contributed by atoms with Gasteiger partial charge in [-0.1, -0.05) is 19.1 Å². The van der Waals surface area contributed by atoms with Crippen LogP contribution in [-0.2, 0) is 10.1 Å². The topological polar surface area (TPSA) is 54.4 Å². The van der Waals surface area contributed by atoms with Gasteiger partial charge in [0.05, 0.1) is 4.90 Å². The second kappa shape index (κ2) is 4.28. The summed E-state index contributed by atoms with van der Waals surface area (Å²) in [5.41, 5.74) is 0.808. The average Bonchev–Trinajstić information content (AvgIpc) is 2.24. The summed E-state index contributed by atoms with van der Waals surface area (Å²) in [6, 6.07) is 5.70. The Labute approximate surface area is 105 Å². The van der Waals surface area contributed by atoms with Gasteiger partial charge in [-0.15, -0.1) is 0 Å². The van der Waals surface area contributed by atoms with Crippen molar-refractivity contribution in [1.82, 2.24) is 0 Å². The monoisotopic (exact) mass is 276 g/mol. The van der Waals surface area contributed by atoms with Crippen LogP contribution >= 0.6 is 0 Å². The normalized spacial score (nSPS) is 21.3. The van der Waals surface area contributed by atoms with Crippen LogP contribution in [0.2, 0.25) is 0 Å². The van der Waals surface area contributed by atoms with E-state index in [1.165, 1.54) is 12.1 Å². The summed E-state index contributed by atoms with van der Waals surface area (Å²) in [5, 5.41) is 0. The van der Waals surface area contributed by atoms with E-state index in [0.717, 1.165) is 5.56 Å². The van der Waals surface area contributed by atoms with Crippen LogP contribution in [-0.4, -0.2) is 18.9 Å². The van der Waals surface area contributed by atoms with Crippen molar-refractivity contribution in [2.45, 2.75) is 36.5 Å². The molecule has 1 aromatic carbocycles. The van der Waals surface area contributed by atoms with E-state index in [4.69, 9.17) is 4.55 Å². The summed E-state index contributed by atoms with van der Waals surface area (Å²) < 4.78 is 56.1. The van der Waals surface area contributed by atoms with Crippen LogP contribution in [0.15, 0.2) is 29.2 Å². The second-order valence-electron chi connectivity index (χ2n) is 4.86. The fourth-order valence-corrected chi connectivity index (χ4v) is 2.76. The fourth-order valence-electron chi connectivity index (χ4n) is 2.28. The number of hydrogen-bond donors (Lipinski definition) is 1. The highest BCUT2D eigenvalue weighted by Crippen LogP contribution is 2.48. The molecule has 2 rings (SSSR count). The Morgan fingerprint density at radius 1 is 1.28 bits per heavy atom. The van der Waals surface area contributed by atoms with E-state index < -0.39 is 16.0 Å². The molecule has 0 radical (unpaired) electrons. The Kier molecular flexibility index (Phi) is 3.19. The lowest BCUT2D eigenvalue weighted by molar-refractivity contribution is -0.115. The first-order valence-electron chi connectivity index (χ1n) is 5.64. The molecular formula is C12H14F2O3S. The molecule has 0 amide bonds. The molecule has 3 nitrogen and oxygen atoms in total. The van der Waals surface area contributed by atoms with Gasteiger partial charge in [0.1, 0.15) is 0 Å². The van der Waals surface area contributed by atoms with Crippen molar-refractivity contribution in [1.29, 1.82) is 0 Å². The summed E-state index contributed by atoms with van der Waals surface area (Å²) in [6.45, 7) is 1.85. The van der Waals surface area contributed by atoms with Gasteiger partial charge in [0.2, 0.25) is 5.92 Å². The molecule has 0 aliphatic heterocycles. The van der Waals surface area contributed by atoms with E-state index >= 15 is 0 Å². The van der Waals surface area contributed by atoms with Gasteiger partial charge in [-0.2, -0.15) is 8.42 Å². The molecule has 1 aliphatic carbocycles. The molecule has 0 spiro atoms. The third kappa shape index (κ3) is 2.70. The largest absolute Gasteiger partial charge is 0.294 e. The average molecular weight is 276 g/mol. The van der Waals surface area contributed by atoms with Crippen LogP contribution in [0.25, 0.3) is 0 Å². The number of alkyl halides is 2. The number of halogens is 2. The molecule has 0 bridgehead atoms. The zero-order valence-corrected chi connectivity index (χ0v) is 10.6. The Balaban J connectivity index is 2.11. The van der Waals surface area contributed by atoms with Crippen molar-refractivity contribution >= 4 is 10.1 Å². The van der Waals surface area contributed by atoms with E-state index in [2.05, 4.69) is 0 Å². The van der Waals surface area contributed by atoms with E-state index in [9.17, 15) is 17.2 Å². The third-order valence-electron chi connectivity index (χ3n) is 3.53. The summed E-state index contributed by atoms with van der Waals surface area (Å²) in [4.78, 5) is -0.183. The van der Waals surface area contributed by atoms with Gasteiger partial charge in [0, 0.05) is 12.8 Å². The summed E-state index contributed by atoms with van der Waals surface area (Å²) in [5.74, 6) is -2.66. The summed E-state index contributed by atoms with van der Waals surface area (Å²) in [6.07, 6.45) is -0.234. The van der Waals surface area contributed by atoms with E-state index in [1.54, 1.807) is 12.1 Å². The van der Waals surface area contributed by atoms with Crippen LogP contribution in [0.1, 0.15) is 31.2 Å². The van der Waals surface area contributed by atoms with Gasteiger partial charge in [-0.25, -0.2) is 8.78 Å². The van der Waals surface area contributed by atoms with Crippen LogP contribution in [0.5, 0.6) is 0 Å². The minimum absolute atomic E-state index is 0.0416. The zero-order chi connectivity index (χ0) is 13.6. The molecule has 0 saturated heterocycles. The van der Waals surface area contributed by atoms with Crippen LogP contribution < -0.4 is 0 Å². The lowest BCUT2D eigenvalue weighted by atomic mass is 9.71. The predicted octanol–water partition coefficient (Wildman–Crippen LogP) is 3.08. The van der Waals surface area contributed by atoms with Gasteiger partial charge >= 0.3 is 0 Å². The molecule has 1 atom stereocenters. The molecule has 1 fully saturated rings.